The van der Waals surface area contributed by atoms with Gasteiger partial charge in [-0.15, -0.1) is 10.2 Å². The monoisotopic (exact) mass is 476 g/mol. The standard InChI is InChI=1S/C21H16N8O2S2/c22-10-14-11-24-29(21-23-12-33-27-21)19(14)26-25-17-15-4-2-1-3-13(15)9-16(18(17)30)20(31)28-5-7-32-8-6-28/h1-4,9,11-12,30H,5-8H2/b26-25+. The highest BCUT2D eigenvalue weighted by atomic mass is 32.2. The van der Waals surface area contributed by atoms with E-state index in [0.29, 0.717) is 18.5 Å². The molecule has 164 valence electrons. The highest BCUT2D eigenvalue weighted by Gasteiger charge is 2.24. The molecule has 2 aromatic carbocycles. The van der Waals surface area contributed by atoms with Crippen LogP contribution >= 0.6 is 23.3 Å². The van der Waals surface area contributed by atoms with Gasteiger partial charge in [0.05, 0.1) is 11.8 Å². The van der Waals surface area contributed by atoms with E-state index >= 15 is 0 Å². The Morgan fingerprint density at radius 3 is 2.79 bits per heavy atom. The van der Waals surface area contributed by atoms with Crippen molar-refractivity contribution in [1.82, 2.24) is 24.0 Å². The van der Waals surface area contributed by atoms with Gasteiger partial charge in [0.1, 0.15) is 22.8 Å². The third-order valence-electron chi connectivity index (χ3n) is 5.17. The van der Waals surface area contributed by atoms with Gasteiger partial charge in [-0.3, -0.25) is 4.79 Å². The molecule has 0 unspecified atom stereocenters. The third-order valence-corrected chi connectivity index (χ3v) is 6.58. The van der Waals surface area contributed by atoms with Gasteiger partial charge in [0.2, 0.25) is 0 Å². The van der Waals surface area contributed by atoms with Gasteiger partial charge in [-0.2, -0.15) is 31.2 Å². The fourth-order valence-electron chi connectivity index (χ4n) is 3.54. The van der Waals surface area contributed by atoms with Crippen molar-refractivity contribution in [2.24, 2.45) is 10.2 Å². The predicted octanol–water partition coefficient (Wildman–Crippen LogP) is 4.06. The van der Waals surface area contributed by atoms with Crippen LogP contribution in [0.2, 0.25) is 0 Å². The van der Waals surface area contributed by atoms with Gasteiger partial charge in [0, 0.05) is 30.0 Å². The Labute approximate surface area is 196 Å². The predicted molar refractivity (Wildman–Crippen MR) is 125 cm³/mol. The number of hydrogen-bond donors (Lipinski definition) is 1. The van der Waals surface area contributed by atoms with Crippen LogP contribution < -0.4 is 0 Å². The third kappa shape index (κ3) is 3.92. The molecular formula is C21H16N8O2S2. The van der Waals surface area contributed by atoms with Crippen molar-refractivity contribution in [3.63, 3.8) is 0 Å². The van der Waals surface area contributed by atoms with E-state index in [2.05, 4.69) is 24.7 Å². The number of carbonyl (C=O) groups is 1. The molecule has 5 rings (SSSR count). The van der Waals surface area contributed by atoms with Gasteiger partial charge in [-0.25, -0.2) is 4.98 Å². The van der Waals surface area contributed by atoms with Crippen molar-refractivity contribution in [2.75, 3.05) is 24.6 Å². The van der Waals surface area contributed by atoms with Crippen molar-refractivity contribution in [3.05, 3.63) is 53.2 Å². The van der Waals surface area contributed by atoms with Crippen LogP contribution in [0.4, 0.5) is 11.5 Å². The zero-order valence-corrected chi connectivity index (χ0v) is 18.8. The number of phenolic OH excluding ortho intramolecular Hbond substituents is 1. The molecule has 3 heterocycles. The fourth-order valence-corrected chi connectivity index (χ4v) is 4.85. The Morgan fingerprint density at radius 2 is 2.03 bits per heavy atom. The molecule has 0 saturated carbocycles. The number of amides is 1. The van der Waals surface area contributed by atoms with E-state index in [1.165, 1.54) is 16.4 Å². The first kappa shape index (κ1) is 21.0. The maximum absolute atomic E-state index is 13.2. The average molecular weight is 477 g/mol. The van der Waals surface area contributed by atoms with E-state index in [9.17, 15) is 15.2 Å². The molecule has 1 amide bonds. The largest absolute Gasteiger partial charge is 0.505 e. The van der Waals surface area contributed by atoms with Crippen LogP contribution in [0.3, 0.4) is 0 Å². The molecule has 1 fully saturated rings. The molecule has 0 radical (unpaired) electrons. The van der Waals surface area contributed by atoms with E-state index in [1.54, 1.807) is 28.8 Å². The second-order valence-electron chi connectivity index (χ2n) is 7.08. The normalized spacial score (nSPS) is 14.1. The number of azo groups is 1. The molecule has 33 heavy (non-hydrogen) atoms. The second-order valence-corrected chi connectivity index (χ2v) is 8.91. The van der Waals surface area contributed by atoms with Gasteiger partial charge >= 0.3 is 0 Å². The summed E-state index contributed by atoms with van der Waals surface area (Å²) < 4.78 is 5.43. The van der Waals surface area contributed by atoms with Crippen molar-refractivity contribution < 1.29 is 9.90 Å². The molecule has 4 aromatic rings. The summed E-state index contributed by atoms with van der Waals surface area (Å²) in [4.78, 5) is 19.0. The summed E-state index contributed by atoms with van der Waals surface area (Å²) in [5.74, 6) is 1.61. The second kappa shape index (κ2) is 8.97. The number of fused-ring (bicyclic) bond motifs is 1. The summed E-state index contributed by atoms with van der Waals surface area (Å²) in [7, 11) is 0. The lowest BCUT2D eigenvalue weighted by Crippen LogP contribution is -2.37. The van der Waals surface area contributed by atoms with Crippen LogP contribution in [0.15, 0.2) is 52.3 Å². The van der Waals surface area contributed by atoms with Gasteiger partial charge in [0.15, 0.2) is 11.6 Å². The summed E-state index contributed by atoms with van der Waals surface area (Å²) in [5, 5.41) is 34.6. The minimum absolute atomic E-state index is 0.129. The van der Waals surface area contributed by atoms with E-state index in [-0.39, 0.29) is 40.2 Å². The SMILES string of the molecule is N#Cc1cnn(-c2ncsn2)c1/N=N/c1c(O)c(C(=O)N2CCSCC2)cc2ccccc12. The zero-order valence-electron chi connectivity index (χ0n) is 17.1. The summed E-state index contributed by atoms with van der Waals surface area (Å²) in [6.07, 6.45) is 1.35. The number of aromatic nitrogens is 4. The Balaban J connectivity index is 1.63. The first-order valence-electron chi connectivity index (χ1n) is 9.95. The lowest BCUT2D eigenvalue weighted by atomic mass is 10.0. The van der Waals surface area contributed by atoms with Crippen molar-refractivity contribution in [2.45, 2.75) is 0 Å². The summed E-state index contributed by atoms with van der Waals surface area (Å²) in [6.45, 7) is 1.25. The zero-order chi connectivity index (χ0) is 22.8. The van der Waals surface area contributed by atoms with Crippen molar-refractivity contribution in [1.29, 1.82) is 5.26 Å². The number of aromatic hydroxyl groups is 1. The van der Waals surface area contributed by atoms with Crippen LogP contribution in [0, 0.1) is 11.3 Å². The molecule has 0 bridgehead atoms. The molecule has 1 aliphatic heterocycles. The topological polar surface area (TPSA) is 133 Å². The fraction of sp³-hybridized carbons (Fsp3) is 0.190. The van der Waals surface area contributed by atoms with E-state index in [4.69, 9.17) is 0 Å². The quantitative estimate of drug-likeness (QED) is 0.439. The van der Waals surface area contributed by atoms with Gasteiger partial charge in [-0.05, 0) is 23.0 Å². The first-order chi connectivity index (χ1) is 16.2. The Kier molecular flexibility index (Phi) is 5.72. The number of carbonyl (C=O) groups excluding carboxylic acids is 1. The maximum Gasteiger partial charge on any atom is 0.264 e. The number of hydrogen-bond acceptors (Lipinski definition) is 10. The number of rotatable bonds is 4. The number of nitrogens with zero attached hydrogens (tertiary/aromatic N) is 8. The minimum Gasteiger partial charge on any atom is -0.505 e. The molecule has 1 N–H and O–H groups in total. The van der Waals surface area contributed by atoms with Gasteiger partial charge in [0.25, 0.3) is 11.9 Å². The van der Waals surface area contributed by atoms with Crippen LogP contribution in [-0.2, 0) is 0 Å². The molecule has 1 saturated heterocycles. The van der Waals surface area contributed by atoms with Gasteiger partial charge in [-0.1, -0.05) is 24.3 Å². The van der Waals surface area contributed by atoms with Crippen molar-refractivity contribution >= 4 is 51.5 Å². The molecule has 0 aliphatic carbocycles. The van der Waals surface area contributed by atoms with Crippen LogP contribution in [-0.4, -0.2) is 59.6 Å². The molecular weight excluding hydrogens is 460 g/mol. The minimum atomic E-state index is -0.253. The molecule has 0 atom stereocenters. The summed E-state index contributed by atoms with van der Waals surface area (Å²) in [6, 6.07) is 11.0. The molecule has 1 aliphatic rings. The van der Waals surface area contributed by atoms with Crippen LogP contribution in [0.1, 0.15) is 15.9 Å². The van der Waals surface area contributed by atoms with Crippen LogP contribution in [0.5, 0.6) is 5.75 Å². The maximum atomic E-state index is 13.2. The van der Waals surface area contributed by atoms with E-state index < -0.39 is 0 Å². The number of nitriles is 1. The highest BCUT2D eigenvalue weighted by Crippen LogP contribution is 2.40. The molecule has 0 spiro atoms. The van der Waals surface area contributed by atoms with Gasteiger partial charge < -0.3 is 10.0 Å². The Morgan fingerprint density at radius 1 is 1.21 bits per heavy atom. The van der Waals surface area contributed by atoms with Crippen molar-refractivity contribution in [3.8, 4) is 17.8 Å². The Hall–Kier alpha value is -3.82. The smallest absolute Gasteiger partial charge is 0.264 e. The molecule has 12 heteroatoms. The number of thioether (sulfide) groups is 1. The van der Waals surface area contributed by atoms with E-state index in [1.807, 2.05) is 24.3 Å². The van der Waals surface area contributed by atoms with Crippen LogP contribution in [0.25, 0.3) is 16.7 Å². The number of benzene rings is 2. The lowest BCUT2D eigenvalue weighted by Gasteiger charge is -2.27. The first-order valence-corrected chi connectivity index (χ1v) is 11.9. The molecule has 2 aromatic heterocycles. The molecule has 10 nitrogen and oxygen atoms in total. The summed E-state index contributed by atoms with van der Waals surface area (Å²) in [5.41, 5.74) is 2.03. The number of phenols is 1. The Bertz CT molecular complexity index is 1400. The average Bonchev–Trinajstić information content (AvgIpc) is 3.53. The highest BCUT2D eigenvalue weighted by molar-refractivity contribution is 7.99. The lowest BCUT2D eigenvalue weighted by molar-refractivity contribution is 0.0769. The van der Waals surface area contributed by atoms with E-state index in [0.717, 1.165) is 28.4 Å². The summed E-state index contributed by atoms with van der Waals surface area (Å²) >= 11 is 2.93.